The number of aromatic amines is 1. The highest BCUT2D eigenvalue weighted by atomic mass is 79.9. The lowest BCUT2D eigenvalue weighted by molar-refractivity contribution is 0.101. The van der Waals surface area contributed by atoms with Crippen LogP contribution < -0.4 is 21.3 Å². The molecule has 0 saturated carbocycles. The number of urea groups is 1. The molecule has 0 bridgehead atoms. The average Bonchev–Trinajstić information content (AvgIpc) is 3.01. The summed E-state index contributed by atoms with van der Waals surface area (Å²) in [6.45, 7) is 1.01. The quantitative estimate of drug-likeness (QED) is 0.601. The van der Waals surface area contributed by atoms with E-state index in [4.69, 9.17) is 5.73 Å². The number of imidazole rings is 1. The summed E-state index contributed by atoms with van der Waals surface area (Å²) in [5, 5.41) is 5.34. The van der Waals surface area contributed by atoms with Crippen molar-refractivity contribution in [2.45, 2.75) is 18.9 Å². The monoisotopic (exact) mass is 424 g/mol. The van der Waals surface area contributed by atoms with E-state index in [9.17, 15) is 14.0 Å². The molecule has 1 aromatic carbocycles. The highest BCUT2D eigenvalue weighted by Gasteiger charge is 2.25. The molecule has 10 heteroatoms. The number of hydrogen-bond donors (Lipinski definition) is 4. The van der Waals surface area contributed by atoms with Gasteiger partial charge in [0, 0.05) is 25.3 Å². The van der Waals surface area contributed by atoms with Crippen molar-refractivity contribution in [3.63, 3.8) is 0 Å². The van der Waals surface area contributed by atoms with Crippen LogP contribution >= 0.6 is 15.9 Å². The molecule has 1 aliphatic heterocycles. The zero-order valence-corrected chi connectivity index (χ0v) is 15.3. The lowest BCUT2D eigenvalue weighted by Crippen LogP contribution is -2.49. The van der Waals surface area contributed by atoms with Gasteiger partial charge in [-0.2, -0.15) is 0 Å². The van der Waals surface area contributed by atoms with Crippen molar-refractivity contribution < 1.29 is 14.0 Å². The standard InChI is InChI=1S/C16H18BrFN6O2/c17-12-7-20-14(23-12)15(25)22-11-5-1-4-10(18)13(11)24-6-2-3-9(8-24)21-16(19)26/h1,4-5,7,9H,2-3,6,8H2,(H,20,23)(H,22,25)(H3,19,21,26). The summed E-state index contributed by atoms with van der Waals surface area (Å²) in [6.07, 6.45) is 3.06. The first-order valence-corrected chi connectivity index (χ1v) is 8.85. The summed E-state index contributed by atoms with van der Waals surface area (Å²) in [4.78, 5) is 32.0. The third kappa shape index (κ3) is 4.13. The number of amides is 3. The molecule has 0 radical (unpaired) electrons. The maximum Gasteiger partial charge on any atom is 0.312 e. The van der Waals surface area contributed by atoms with Crippen molar-refractivity contribution in [2.24, 2.45) is 5.73 Å². The molecule has 2 aromatic rings. The summed E-state index contributed by atoms with van der Waals surface area (Å²) in [6, 6.07) is 3.70. The number of hydrogen-bond acceptors (Lipinski definition) is 4. The number of halogens is 2. The molecular weight excluding hydrogens is 407 g/mol. The van der Waals surface area contributed by atoms with Crippen LogP contribution in [0.25, 0.3) is 0 Å². The SMILES string of the molecule is NC(=O)NC1CCCN(c2c(F)cccc2NC(=O)c2nc(Br)c[nH]2)C1. The molecule has 1 aromatic heterocycles. The molecule has 1 unspecified atom stereocenters. The fourth-order valence-electron chi connectivity index (χ4n) is 3.03. The summed E-state index contributed by atoms with van der Waals surface area (Å²) < 4.78 is 15.0. The van der Waals surface area contributed by atoms with Gasteiger partial charge in [-0.05, 0) is 40.9 Å². The Morgan fingerprint density at radius 3 is 2.92 bits per heavy atom. The van der Waals surface area contributed by atoms with E-state index in [-0.39, 0.29) is 17.6 Å². The molecular formula is C16H18BrFN6O2. The first-order chi connectivity index (χ1) is 12.4. The Labute approximate surface area is 157 Å². The molecule has 138 valence electrons. The Kier molecular flexibility index (Phi) is 5.40. The number of carbonyl (C=O) groups excluding carboxylic acids is 2. The number of nitrogens with zero attached hydrogens (tertiary/aromatic N) is 2. The molecule has 3 amide bonds. The minimum absolute atomic E-state index is 0.110. The number of nitrogens with one attached hydrogen (secondary N) is 3. The number of primary amides is 1. The fraction of sp³-hybridized carbons (Fsp3) is 0.312. The highest BCUT2D eigenvalue weighted by molar-refractivity contribution is 9.10. The van der Waals surface area contributed by atoms with Crippen LogP contribution in [0, 0.1) is 5.82 Å². The number of aromatic nitrogens is 2. The lowest BCUT2D eigenvalue weighted by Gasteiger charge is -2.35. The predicted octanol–water partition coefficient (Wildman–Crippen LogP) is 2.20. The minimum atomic E-state index is -0.609. The van der Waals surface area contributed by atoms with Crippen molar-refractivity contribution >= 4 is 39.2 Å². The first-order valence-electron chi connectivity index (χ1n) is 8.05. The molecule has 26 heavy (non-hydrogen) atoms. The van der Waals surface area contributed by atoms with Crippen molar-refractivity contribution in [1.29, 1.82) is 0 Å². The Bertz CT molecular complexity index is 827. The number of para-hydroxylation sites is 1. The first kappa shape index (κ1) is 18.2. The molecule has 0 aliphatic carbocycles. The molecule has 1 atom stereocenters. The van der Waals surface area contributed by atoms with Crippen LogP contribution in [0.5, 0.6) is 0 Å². The van der Waals surface area contributed by atoms with E-state index in [0.29, 0.717) is 23.4 Å². The summed E-state index contributed by atoms with van der Waals surface area (Å²) in [7, 11) is 0. The minimum Gasteiger partial charge on any atom is -0.365 e. The molecule has 0 spiro atoms. The third-order valence-corrected chi connectivity index (χ3v) is 4.49. The number of anilines is 2. The molecule has 8 nitrogen and oxygen atoms in total. The molecule has 5 N–H and O–H groups in total. The normalized spacial score (nSPS) is 17.0. The Hall–Kier alpha value is -2.62. The van der Waals surface area contributed by atoms with E-state index >= 15 is 0 Å². The van der Waals surface area contributed by atoms with E-state index in [1.807, 2.05) is 0 Å². The van der Waals surface area contributed by atoms with Crippen molar-refractivity contribution in [3.05, 3.63) is 40.6 Å². The van der Waals surface area contributed by atoms with Gasteiger partial charge in [0.25, 0.3) is 5.91 Å². The second-order valence-electron chi connectivity index (χ2n) is 5.96. The van der Waals surface area contributed by atoms with Gasteiger partial charge >= 0.3 is 6.03 Å². The van der Waals surface area contributed by atoms with Crippen LogP contribution in [0.1, 0.15) is 23.5 Å². The number of piperidine rings is 1. The Balaban J connectivity index is 1.83. The van der Waals surface area contributed by atoms with Gasteiger partial charge in [0.1, 0.15) is 10.4 Å². The van der Waals surface area contributed by atoms with Crippen molar-refractivity contribution in [1.82, 2.24) is 15.3 Å². The van der Waals surface area contributed by atoms with Crippen LogP contribution in [0.2, 0.25) is 0 Å². The zero-order chi connectivity index (χ0) is 18.7. The van der Waals surface area contributed by atoms with Gasteiger partial charge < -0.3 is 26.3 Å². The third-order valence-electron chi connectivity index (χ3n) is 4.08. The Morgan fingerprint density at radius 1 is 1.42 bits per heavy atom. The molecule has 2 heterocycles. The van der Waals surface area contributed by atoms with E-state index in [0.717, 1.165) is 12.8 Å². The second-order valence-corrected chi connectivity index (χ2v) is 6.77. The maximum atomic E-state index is 14.5. The highest BCUT2D eigenvalue weighted by Crippen LogP contribution is 2.31. The fourth-order valence-corrected chi connectivity index (χ4v) is 3.33. The van der Waals surface area contributed by atoms with Crippen molar-refractivity contribution in [2.75, 3.05) is 23.3 Å². The second kappa shape index (κ2) is 7.73. The Morgan fingerprint density at radius 2 is 2.23 bits per heavy atom. The summed E-state index contributed by atoms with van der Waals surface area (Å²) in [5.41, 5.74) is 5.80. The smallest absolute Gasteiger partial charge is 0.312 e. The molecule has 3 rings (SSSR count). The van der Waals surface area contributed by atoms with Gasteiger partial charge in [-0.15, -0.1) is 0 Å². The maximum absolute atomic E-state index is 14.5. The van der Waals surface area contributed by atoms with Crippen LogP contribution in [0.4, 0.5) is 20.6 Å². The van der Waals surface area contributed by atoms with Crippen LogP contribution in [0.3, 0.4) is 0 Å². The summed E-state index contributed by atoms with van der Waals surface area (Å²) >= 11 is 3.17. The van der Waals surface area contributed by atoms with Gasteiger partial charge in [0.2, 0.25) is 0 Å². The number of H-pyrrole nitrogens is 1. The van der Waals surface area contributed by atoms with E-state index in [1.54, 1.807) is 11.0 Å². The van der Waals surface area contributed by atoms with E-state index in [2.05, 4.69) is 36.5 Å². The van der Waals surface area contributed by atoms with Gasteiger partial charge in [0.15, 0.2) is 5.82 Å². The lowest BCUT2D eigenvalue weighted by atomic mass is 10.0. The number of nitrogens with two attached hydrogens (primary N) is 1. The van der Waals surface area contributed by atoms with Gasteiger partial charge in [0.05, 0.1) is 11.4 Å². The predicted molar refractivity (Wildman–Crippen MR) is 98.6 cm³/mol. The molecule has 1 fully saturated rings. The van der Waals surface area contributed by atoms with Crippen molar-refractivity contribution in [3.8, 4) is 0 Å². The van der Waals surface area contributed by atoms with Crippen LogP contribution in [-0.2, 0) is 0 Å². The average molecular weight is 425 g/mol. The number of rotatable bonds is 4. The van der Waals surface area contributed by atoms with Gasteiger partial charge in [-0.1, -0.05) is 6.07 Å². The number of benzene rings is 1. The van der Waals surface area contributed by atoms with Gasteiger partial charge in [-0.3, -0.25) is 4.79 Å². The van der Waals surface area contributed by atoms with E-state index in [1.165, 1.54) is 18.3 Å². The topological polar surface area (TPSA) is 116 Å². The van der Waals surface area contributed by atoms with Crippen LogP contribution in [0.15, 0.2) is 29.0 Å². The van der Waals surface area contributed by atoms with Crippen LogP contribution in [-0.4, -0.2) is 41.0 Å². The summed E-state index contributed by atoms with van der Waals surface area (Å²) in [5.74, 6) is -0.825. The largest absolute Gasteiger partial charge is 0.365 e. The van der Waals surface area contributed by atoms with E-state index < -0.39 is 17.8 Å². The van der Waals surface area contributed by atoms with Gasteiger partial charge in [-0.25, -0.2) is 14.2 Å². The number of carbonyl (C=O) groups is 2. The molecule has 1 aliphatic rings. The zero-order valence-electron chi connectivity index (χ0n) is 13.8. The molecule has 1 saturated heterocycles.